The number of carbonyl (C=O) groups is 1. The summed E-state index contributed by atoms with van der Waals surface area (Å²) in [7, 11) is 4.03. The molecule has 0 saturated carbocycles. The molecule has 4 heterocycles. The van der Waals surface area contributed by atoms with E-state index >= 15 is 0 Å². The Morgan fingerprint density at radius 1 is 0.977 bits per heavy atom. The summed E-state index contributed by atoms with van der Waals surface area (Å²) in [6.45, 7) is 8.91. The zero-order valence-electron chi connectivity index (χ0n) is 25.7. The Morgan fingerprint density at radius 2 is 1.75 bits per heavy atom. The molecule has 2 aliphatic heterocycles. The van der Waals surface area contributed by atoms with E-state index in [-0.39, 0.29) is 23.9 Å². The Hall–Kier alpha value is -4.09. The maximum atomic E-state index is 13.2. The summed E-state index contributed by atoms with van der Waals surface area (Å²) >= 11 is 0. The number of anilines is 1. The van der Waals surface area contributed by atoms with Gasteiger partial charge >= 0.3 is 0 Å². The predicted octanol–water partition coefficient (Wildman–Crippen LogP) is 3.50. The van der Waals surface area contributed by atoms with Crippen LogP contribution in [0.25, 0.3) is 22.3 Å². The summed E-state index contributed by atoms with van der Waals surface area (Å²) in [5.74, 6) is -0.134. The molecule has 2 fully saturated rings. The van der Waals surface area contributed by atoms with Crippen LogP contribution in [-0.4, -0.2) is 89.1 Å². The van der Waals surface area contributed by atoms with Gasteiger partial charge in [0.2, 0.25) is 0 Å². The standard InChI is InChI=1S/C34H41N7O3/c1-23-14-26(8-9-27(23)19-41-12-10-39(2)11-13-41)25-6-4-24(5-7-25)20-44-32-22-43-21-31(32)38-34(42)30-15-28(16-36-33(30)35)29-17-37-40(3)18-29/h4-9,14-18,31-32H,10-13,19-22H2,1-3H3,(H2,35,36)(H,38,42)/t31-,32-/m0/s1. The van der Waals surface area contributed by atoms with Gasteiger partial charge in [-0.05, 0) is 47.9 Å². The summed E-state index contributed by atoms with van der Waals surface area (Å²) < 4.78 is 13.6. The first kappa shape index (κ1) is 30.0. The van der Waals surface area contributed by atoms with Crippen molar-refractivity contribution in [2.45, 2.75) is 32.2 Å². The fourth-order valence-corrected chi connectivity index (χ4v) is 5.76. The molecule has 6 rings (SSSR count). The van der Waals surface area contributed by atoms with Crippen LogP contribution in [0.2, 0.25) is 0 Å². The first-order valence-electron chi connectivity index (χ1n) is 15.2. The van der Waals surface area contributed by atoms with E-state index in [1.54, 1.807) is 23.1 Å². The van der Waals surface area contributed by atoms with Crippen molar-refractivity contribution in [1.29, 1.82) is 0 Å². The van der Waals surface area contributed by atoms with E-state index in [1.807, 2.05) is 13.2 Å². The molecule has 10 nitrogen and oxygen atoms in total. The van der Waals surface area contributed by atoms with Crippen molar-refractivity contribution in [3.63, 3.8) is 0 Å². The fraction of sp³-hybridized carbons (Fsp3) is 0.382. The number of hydrogen-bond acceptors (Lipinski definition) is 8. The minimum absolute atomic E-state index is 0.173. The lowest BCUT2D eigenvalue weighted by Gasteiger charge is -2.32. The number of likely N-dealkylation sites (N-methyl/N-ethyl adjacent to an activating group) is 1. The van der Waals surface area contributed by atoms with E-state index in [0.29, 0.717) is 25.4 Å². The van der Waals surface area contributed by atoms with Gasteiger partial charge in [0.05, 0.1) is 37.6 Å². The van der Waals surface area contributed by atoms with E-state index in [1.165, 1.54) is 22.3 Å². The Bertz CT molecular complexity index is 1590. The summed E-state index contributed by atoms with van der Waals surface area (Å²) in [4.78, 5) is 22.4. The second-order valence-electron chi connectivity index (χ2n) is 11.9. The quantitative estimate of drug-likeness (QED) is 0.303. The fourth-order valence-electron chi connectivity index (χ4n) is 5.76. The number of benzene rings is 2. The molecule has 2 aliphatic rings. The highest BCUT2D eigenvalue weighted by atomic mass is 16.5. The highest BCUT2D eigenvalue weighted by Crippen LogP contribution is 2.25. The van der Waals surface area contributed by atoms with Crippen LogP contribution in [0, 0.1) is 6.92 Å². The van der Waals surface area contributed by atoms with Gasteiger partial charge in [-0.15, -0.1) is 0 Å². The Kier molecular flexibility index (Phi) is 9.04. The van der Waals surface area contributed by atoms with E-state index in [9.17, 15) is 4.79 Å². The third-order valence-electron chi connectivity index (χ3n) is 8.63. The molecule has 0 unspecified atom stereocenters. The van der Waals surface area contributed by atoms with Gasteiger partial charge in [0.15, 0.2) is 0 Å². The lowest BCUT2D eigenvalue weighted by molar-refractivity contribution is 0.0218. The third-order valence-corrected chi connectivity index (χ3v) is 8.63. The second kappa shape index (κ2) is 13.3. The number of nitrogen functional groups attached to an aromatic ring is 1. The zero-order chi connectivity index (χ0) is 30.6. The van der Waals surface area contributed by atoms with E-state index in [0.717, 1.165) is 49.4 Å². The Morgan fingerprint density at radius 3 is 2.48 bits per heavy atom. The monoisotopic (exact) mass is 595 g/mol. The summed E-state index contributed by atoms with van der Waals surface area (Å²) in [5, 5.41) is 7.24. The topological polar surface area (TPSA) is 111 Å². The number of aromatic nitrogens is 3. The molecule has 4 aromatic rings. The van der Waals surface area contributed by atoms with Gasteiger partial charge in [0, 0.05) is 63.3 Å². The molecule has 0 bridgehead atoms. The SMILES string of the molecule is Cc1cc(-c2ccc(CO[C@H]3COC[C@@H]3NC(=O)c3cc(-c4cnn(C)c4)cnc3N)cc2)ccc1CN1CCN(C)CC1. The second-order valence-corrected chi connectivity index (χ2v) is 11.9. The minimum Gasteiger partial charge on any atom is -0.383 e. The summed E-state index contributed by atoms with van der Waals surface area (Å²) in [6.07, 6.45) is 4.96. The smallest absolute Gasteiger partial charge is 0.255 e. The summed E-state index contributed by atoms with van der Waals surface area (Å²) in [6, 6.07) is 16.7. The van der Waals surface area contributed by atoms with Crippen molar-refractivity contribution in [3.8, 4) is 22.3 Å². The van der Waals surface area contributed by atoms with Gasteiger partial charge < -0.3 is 25.4 Å². The molecule has 0 radical (unpaired) electrons. The molecule has 2 atom stereocenters. The molecule has 44 heavy (non-hydrogen) atoms. The molecule has 230 valence electrons. The number of ether oxygens (including phenoxy) is 2. The normalized spacial score (nSPS) is 19.3. The van der Waals surface area contributed by atoms with Crippen LogP contribution in [0.3, 0.4) is 0 Å². The molecule has 3 N–H and O–H groups in total. The van der Waals surface area contributed by atoms with Gasteiger partial charge in [0.25, 0.3) is 5.91 Å². The number of pyridine rings is 1. The number of nitrogens with two attached hydrogens (primary N) is 1. The van der Waals surface area contributed by atoms with Crippen molar-refractivity contribution < 1.29 is 14.3 Å². The van der Waals surface area contributed by atoms with Crippen LogP contribution < -0.4 is 11.1 Å². The number of nitrogens with zero attached hydrogens (tertiary/aromatic N) is 5. The average Bonchev–Trinajstić information content (AvgIpc) is 3.67. The van der Waals surface area contributed by atoms with Crippen molar-refractivity contribution in [2.24, 2.45) is 7.05 Å². The van der Waals surface area contributed by atoms with Crippen LogP contribution in [0.4, 0.5) is 5.82 Å². The number of nitrogens with one attached hydrogen (secondary N) is 1. The van der Waals surface area contributed by atoms with E-state index in [2.05, 4.69) is 81.6 Å². The number of piperazine rings is 1. The lowest BCUT2D eigenvalue weighted by Crippen LogP contribution is -2.44. The van der Waals surface area contributed by atoms with Crippen LogP contribution in [0.5, 0.6) is 0 Å². The molecular formula is C34H41N7O3. The van der Waals surface area contributed by atoms with Crippen molar-refractivity contribution in [2.75, 3.05) is 52.2 Å². The van der Waals surface area contributed by atoms with E-state index < -0.39 is 0 Å². The Balaban J connectivity index is 1.04. The number of carbonyl (C=O) groups excluding carboxylic acids is 1. The largest absolute Gasteiger partial charge is 0.383 e. The van der Waals surface area contributed by atoms with Crippen LogP contribution in [-0.2, 0) is 29.7 Å². The molecule has 0 aliphatic carbocycles. The highest BCUT2D eigenvalue weighted by Gasteiger charge is 2.31. The number of rotatable bonds is 9. The number of hydrogen-bond donors (Lipinski definition) is 2. The van der Waals surface area contributed by atoms with Gasteiger partial charge in [-0.25, -0.2) is 4.98 Å². The maximum absolute atomic E-state index is 13.2. The first-order valence-corrected chi connectivity index (χ1v) is 15.2. The molecule has 0 spiro atoms. The first-order chi connectivity index (χ1) is 21.3. The van der Waals surface area contributed by atoms with Crippen LogP contribution >= 0.6 is 0 Å². The molecule has 2 saturated heterocycles. The van der Waals surface area contributed by atoms with E-state index in [4.69, 9.17) is 15.2 Å². The van der Waals surface area contributed by atoms with Gasteiger partial charge in [-0.2, -0.15) is 5.10 Å². The average molecular weight is 596 g/mol. The summed E-state index contributed by atoms with van der Waals surface area (Å²) in [5.41, 5.74) is 14.2. The molecule has 1 amide bonds. The minimum atomic E-state index is -0.306. The van der Waals surface area contributed by atoms with Gasteiger partial charge in [-0.3, -0.25) is 14.4 Å². The van der Waals surface area contributed by atoms with Crippen molar-refractivity contribution in [1.82, 2.24) is 29.9 Å². The molecule has 2 aromatic carbocycles. The Labute approximate surface area is 258 Å². The zero-order valence-corrected chi connectivity index (χ0v) is 25.7. The van der Waals surface area contributed by atoms with Gasteiger partial charge in [-0.1, -0.05) is 42.5 Å². The number of aryl methyl sites for hydroxylation is 2. The molecular weight excluding hydrogens is 554 g/mol. The molecule has 2 aromatic heterocycles. The highest BCUT2D eigenvalue weighted by molar-refractivity contribution is 5.99. The predicted molar refractivity (Wildman–Crippen MR) is 171 cm³/mol. The maximum Gasteiger partial charge on any atom is 0.255 e. The van der Waals surface area contributed by atoms with Crippen molar-refractivity contribution >= 4 is 11.7 Å². The van der Waals surface area contributed by atoms with Crippen LogP contribution in [0.1, 0.15) is 27.0 Å². The van der Waals surface area contributed by atoms with Crippen LogP contribution in [0.15, 0.2) is 67.1 Å². The van der Waals surface area contributed by atoms with Gasteiger partial charge in [0.1, 0.15) is 11.9 Å². The lowest BCUT2D eigenvalue weighted by atomic mass is 9.98. The third kappa shape index (κ3) is 7.00. The number of amides is 1. The molecule has 10 heteroatoms. The van der Waals surface area contributed by atoms with Crippen molar-refractivity contribution in [3.05, 3.63) is 89.4 Å².